The van der Waals surface area contributed by atoms with Crippen molar-refractivity contribution in [1.29, 1.82) is 0 Å². The highest BCUT2D eigenvalue weighted by atomic mass is 32.2. The zero-order chi connectivity index (χ0) is 19.2. The molecular weight excluding hydrogens is 360 g/mol. The number of rotatable bonds is 4. The van der Waals surface area contributed by atoms with Crippen molar-refractivity contribution >= 4 is 26.9 Å². The van der Waals surface area contributed by atoms with Crippen LogP contribution in [0.15, 0.2) is 46.2 Å². The molecule has 0 amide bonds. The Kier molecular flexibility index (Phi) is 4.21. The SMILES string of the molecule is Cc1ccccc1S(=O)(=O)n1c(C(=O)O)cc2c(CO)cn(C)c(=O)c21. The van der Waals surface area contributed by atoms with Crippen molar-refractivity contribution in [2.75, 3.05) is 0 Å². The Balaban J connectivity index is 2.56. The molecule has 3 rings (SSSR count). The van der Waals surface area contributed by atoms with Gasteiger partial charge in [0, 0.05) is 24.2 Å². The van der Waals surface area contributed by atoms with Gasteiger partial charge < -0.3 is 14.8 Å². The largest absolute Gasteiger partial charge is 0.477 e. The van der Waals surface area contributed by atoms with Crippen LogP contribution in [0.2, 0.25) is 0 Å². The monoisotopic (exact) mass is 376 g/mol. The van der Waals surface area contributed by atoms with Gasteiger partial charge in [-0.1, -0.05) is 18.2 Å². The maximum absolute atomic E-state index is 13.2. The van der Waals surface area contributed by atoms with E-state index in [-0.39, 0.29) is 21.4 Å². The van der Waals surface area contributed by atoms with Crippen LogP contribution in [0.5, 0.6) is 0 Å². The molecule has 1 aromatic carbocycles. The highest BCUT2D eigenvalue weighted by Gasteiger charge is 2.30. The second-order valence-corrected chi connectivity index (χ2v) is 7.62. The Bertz CT molecular complexity index is 1200. The highest BCUT2D eigenvalue weighted by Crippen LogP contribution is 2.27. The van der Waals surface area contributed by atoms with Gasteiger partial charge in [-0.15, -0.1) is 0 Å². The first-order chi connectivity index (χ1) is 12.2. The quantitative estimate of drug-likeness (QED) is 0.703. The minimum absolute atomic E-state index is 0.0881. The predicted octanol–water partition coefficient (Wildman–Crippen LogP) is 1.08. The van der Waals surface area contributed by atoms with E-state index in [9.17, 15) is 28.2 Å². The van der Waals surface area contributed by atoms with Crippen molar-refractivity contribution in [2.24, 2.45) is 7.05 Å². The van der Waals surface area contributed by atoms with E-state index < -0.39 is 33.9 Å². The zero-order valence-corrected chi connectivity index (χ0v) is 14.8. The van der Waals surface area contributed by atoms with Crippen LogP contribution in [0, 0.1) is 6.92 Å². The normalized spacial score (nSPS) is 11.8. The molecule has 0 saturated carbocycles. The van der Waals surface area contributed by atoms with E-state index in [4.69, 9.17) is 0 Å². The van der Waals surface area contributed by atoms with Crippen LogP contribution < -0.4 is 5.56 Å². The van der Waals surface area contributed by atoms with E-state index in [1.807, 2.05) is 0 Å². The van der Waals surface area contributed by atoms with E-state index in [0.717, 1.165) is 10.6 Å². The number of hydrogen-bond acceptors (Lipinski definition) is 5. The number of carboxylic acid groups (broad SMARTS) is 1. The minimum Gasteiger partial charge on any atom is -0.477 e. The maximum Gasteiger partial charge on any atom is 0.353 e. The van der Waals surface area contributed by atoms with Crippen molar-refractivity contribution in [3.63, 3.8) is 0 Å². The van der Waals surface area contributed by atoms with Gasteiger partial charge in [-0.05, 0) is 24.6 Å². The molecule has 0 aliphatic rings. The lowest BCUT2D eigenvalue weighted by atomic mass is 10.2. The van der Waals surface area contributed by atoms with Gasteiger partial charge >= 0.3 is 5.97 Å². The van der Waals surface area contributed by atoms with Gasteiger partial charge in [-0.25, -0.2) is 17.2 Å². The summed E-state index contributed by atoms with van der Waals surface area (Å²) >= 11 is 0. The molecule has 136 valence electrons. The second-order valence-electron chi connectivity index (χ2n) is 5.86. The van der Waals surface area contributed by atoms with Crippen LogP contribution in [-0.2, 0) is 23.7 Å². The van der Waals surface area contributed by atoms with E-state index in [1.54, 1.807) is 19.1 Å². The van der Waals surface area contributed by atoms with Gasteiger partial charge in [0.05, 0.1) is 11.5 Å². The van der Waals surface area contributed by atoms with Gasteiger partial charge in [0.1, 0.15) is 11.2 Å². The predicted molar refractivity (Wildman–Crippen MR) is 93.8 cm³/mol. The molecular formula is C17H16N2O6S. The smallest absolute Gasteiger partial charge is 0.353 e. The van der Waals surface area contributed by atoms with Crippen LogP contribution in [0.4, 0.5) is 0 Å². The van der Waals surface area contributed by atoms with Gasteiger partial charge in [0.25, 0.3) is 15.6 Å². The lowest BCUT2D eigenvalue weighted by Crippen LogP contribution is -2.25. The van der Waals surface area contributed by atoms with Crippen molar-refractivity contribution in [1.82, 2.24) is 8.54 Å². The molecule has 26 heavy (non-hydrogen) atoms. The standard InChI is InChI=1S/C17H16N2O6S/c1-10-5-3-4-6-14(10)26(24,25)19-13(17(22)23)7-12-11(9-20)8-18(2)16(21)15(12)19/h3-8,20H,9H2,1-2H3,(H,22,23). The molecule has 0 atom stereocenters. The molecule has 0 aliphatic carbocycles. The van der Waals surface area contributed by atoms with E-state index in [1.165, 1.54) is 25.4 Å². The molecule has 0 unspecified atom stereocenters. The Labute approximate surface area is 148 Å². The average molecular weight is 376 g/mol. The first kappa shape index (κ1) is 17.9. The van der Waals surface area contributed by atoms with Crippen molar-refractivity contribution in [2.45, 2.75) is 18.4 Å². The Morgan fingerprint density at radius 2 is 1.88 bits per heavy atom. The summed E-state index contributed by atoms with van der Waals surface area (Å²) in [6.45, 7) is 1.11. The van der Waals surface area contributed by atoms with Crippen LogP contribution in [-0.4, -0.2) is 33.1 Å². The Morgan fingerprint density at radius 3 is 2.46 bits per heavy atom. The fourth-order valence-electron chi connectivity index (χ4n) is 2.94. The molecule has 8 nitrogen and oxygen atoms in total. The summed E-state index contributed by atoms with van der Waals surface area (Å²) in [5.74, 6) is -1.50. The summed E-state index contributed by atoms with van der Waals surface area (Å²) in [6.07, 6.45) is 1.35. The third kappa shape index (κ3) is 2.52. The van der Waals surface area contributed by atoms with Crippen LogP contribution in [0.25, 0.3) is 10.9 Å². The molecule has 2 heterocycles. The van der Waals surface area contributed by atoms with E-state index in [0.29, 0.717) is 9.54 Å². The molecule has 2 N–H and O–H groups in total. The number of pyridine rings is 1. The number of carbonyl (C=O) groups is 1. The first-order valence-electron chi connectivity index (χ1n) is 7.59. The summed E-state index contributed by atoms with van der Waals surface area (Å²) in [4.78, 5) is 24.2. The lowest BCUT2D eigenvalue weighted by molar-refractivity contribution is 0.0689. The Hall–Kier alpha value is -2.91. The van der Waals surface area contributed by atoms with Gasteiger partial charge in [-0.2, -0.15) is 0 Å². The van der Waals surface area contributed by atoms with Gasteiger partial charge in [0.15, 0.2) is 0 Å². The fraction of sp³-hybridized carbons (Fsp3) is 0.176. The zero-order valence-electron chi connectivity index (χ0n) is 14.0. The summed E-state index contributed by atoms with van der Waals surface area (Å²) in [6, 6.07) is 7.20. The number of nitrogens with zero attached hydrogens (tertiary/aromatic N) is 2. The third-order valence-electron chi connectivity index (χ3n) is 4.18. The Morgan fingerprint density at radius 1 is 1.23 bits per heavy atom. The molecule has 2 aromatic heterocycles. The third-order valence-corrected chi connectivity index (χ3v) is 6.05. The number of aryl methyl sites for hydroxylation is 2. The number of aromatic carboxylic acids is 1. The lowest BCUT2D eigenvalue weighted by Gasteiger charge is -2.12. The van der Waals surface area contributed by atoms with Crippen molar-refractivity contribution in [3.8, 4) is 0 Å². The van der Waals surface area contributed by atoms with Gasteiger partial charge in [0.2, 0.25) is 0 Å². The number of fused-ring (bicyclic) bond motifs is 1. The summed E-state index contributed by atoms with van der Waals surface area (Å²) in [5.41, 5.74) is -0.882. The summed E-state index contributed by atoms with van der Waals surface area (Å²) in [7, 11) is -2.95. The van der Waals surface area contributed by atoms with Crippen molar-refractivity contribution in [3.05, 3.63) is 63.7 Å². The number of aromatic nitrogens is 2. The molecule has 0 radical (unpaired) electrons. The summed E-state index contributed by atoms with van der Waals surface area (Å²) in [5, 5.41) is 19.1. The molecule has 0 bridgehead atoms. The number of carboxylic acids is 1. The van der Waals surface area contributed by atoms with Crippen LogP contribution in [0.1, 0.15) is 21.6 Å². The fourth-order valence-corrected chi connectivity index (χ4v) is 4.67. The maximum atomic E-state index is 13.2. The highest BCUT2D eigenvalue weighted by molar-refractivity contribution is 7.90. The van der Waals surface area contributed by atoms with Crippen molar-refractivity contribution < 1.29 is 23.4 Å². The molecule has 0 fully saturated rings. The number of aliphatic hydroxyl groups excluding tert-OH is 1. The minimum atomic E-state index is -4.35. The molecule has 0 aliphatic heterocycles. The second kappa shape index (κ2) is 6.11. The number of hydrogen-bond donors (Lipinski definition) is 2. The first-order valence-corrected chi connectivity index (χ1v) is 9.03. The molecule has 9 heteroatoms. The van der Waals surface area contributed by atoms with Crippen LogP contribution in [0.3, 0.4) is 0 Å². The molecule has 0 spiro atoms. The van der Waals surface area contributed by atoms with E-state index in [2.05, 4.69) is 0 Å². The number of aliphatic hydroxyl groups is 1. The summed E-state index contributed by atoms with van der Waals surface area (Å²) < 4.78 is 28.1. The number of benzene rings is 1. The topological polar surface area (TPSA) is 119 Å². The van der Waals surface area contributed by atoms with E-state index >= 15 is 0 Å². The van der Waals surface area contributed by atoms with Crippen LogP contribution >= 0.6 is 0 Å². The molecule has 3 aromatic rings. The van der Waals surface area contributed by atoms with Gasteiger partial charge in [-0.3, -0.25) is 4.79 Å². The average Bonchev–Trinajstić information content (AvgIpc) is 3.00. The molecule has 0 saturated heterocycles.